The molecule has 0 bridgehead atoms. The Morgan fingerprint density at radius 2 is 2.07 bits per heavy atom. The molecule has 3 aliphatic heterocycles. The van der Waals surface area contributed by atoms with Gasteiger partial charge in [-0.1, -0.05) is 13.8 Å². The van der Waals surface area contributed by atoms with Crippen LogP contribution >= 0.6 is 0 Å². The summed E-state index contributed by atoms with van der Waals surface area (Å²) in [5.41, 5.74) is 3.83. The number of hydrogen-bond acceptors (Lipinski definition) is 8. The van der Waals surface area contributed by atoms with E-state index in [0.29, 0.717) is 31.7 Å². The van der Waals surface area contributed by atoms with Gasteiger partial charge >= 0.3 is 7.26 Å². The number of halogens is 1. The highest BCUT2D eigenvalue weighted by molar-refractivity contribution is 6.49. The van der Waals surface area contributed by atoms with Crippen LogP contribution in [-0.4, -0.2) is 71.9 Å². The Labute approximate surface area is 240 Å². The topological polar surface area (TPSA) is 136 Å². The fraction of sp³-hybridized carbons (Fsp3) is 0.500. The van der Waals surface area contributed by atoms with Crippen molar-refractivity contribution in [3.63, 3.8) is 0 Å². The predicted molar refractivity (Wildman–Crippen MR) is 157 cm³/mol. The molecule has 2 amide bonds. The van der Waals surface area contributed by atoms with E-state index in [-0.39, 0.29) is 18.4 Å². The number of ether oxygens (including phenoxy) is 2. The Balaban J connectivity index is 1.14. The van der Waals surface area contributed by atoms with Gasteiger partial charge in [-0.25, -0.2) is 0 Å². The molecule has 0 saturated carbocycles. The quantitative estimate of drug-likeness (QED) is 0.0940. The van der Waals surface area contributed by atoms with Crippen molar-refractivity contribution < 1.29 is 23.4 Å². The highest BCUT2D eigenvalue weighted by atomic mass is 19.1. The first-order valence-corrected chi connectivity index (χ1v) is 13.8. The summed E-state index contributed by atoms with van der Waals surface area (Å²) in [7, 11) is -1.22. The molecule has 0 spiro atoms. The van der Waals surface area contributed by atoms with Crippen LogP contribution in [0.5, 0.6) is 0 Å². The number of hydrazone groups is 1. The first-order chi connectivity index (χ1) is 19.4. The smallest absolute Gasteiger partial charge is 0.352 e. The van der Waals surface area contributed by atoms with Crippen LogP contribution in [0, 0.1) is 5.41 Å². The molecule has 3 aliphatic rings. The lowest BCUT2D eigenvalue weighted by molar-refractivity contribution is -0.303. The first-order valence-electron chi connectivity index (χ1n) is 13.8. The highest BCUT2D eigenvalue weighted by Gasteiger charge is 2.45. The van der Waals surface area contributed by atoms with Crippen LogP contribution < -0.4 is 16.5 Å². The molecule has 1 atom stereocenters. The van der Waals surface area contributed by atoms with Crippen LogP contribution in [0.2, 0.25) is 0 Å². The lowest BCUT2D eigenvalue weighted by atomic mass is 9.85. The molecule has 1 aromatic heterocycles. The third kappa shape index (κ3) is 7.15. The van der Waals surface area contributed by atoms with Gasteiger partial charge in [0.15, 0.2) is 5.79 Å². The van der Waals surface area contributed by atoms with Crippen LogP contribution in [0.4, 0.5) is 4.32 Å². The molecule has 1 fully saturated rings. The average Bonchev–Trinajstić information content (AvgIpc) is 3.33. The molecule has 13 heteroatoms. The third-order valence-corrected chi connectivity index (χ3v) is 7.18. The SMILES string of the molecule is CC1=CN2B(F)n3c(ccc3CCCN=C/C(CCNC(=O)/C=C\NC(=O)C3OC(C)(C)OCC3(C)C)=N\N)C=C12. The summed E-state index contributed by atoms with van der Waals surface area (Å²) in [5.74, 6) is 3.89. The summed E-state index contributed by atoms with van der Waals surface area (Å²) in [4.78, 5) is 30.8. The van der Waals surface area contributed by atoms with Crippen molar-refractivity contribution in [3.05, 3.63) is 53.3 Å². The molecule has 4 heterocycles. The van der Waals surface area contributed by atoms with E-state index in [1.165, 1.54) is 12.3 Å². The number of aromatic nitrogens is 1. The van der Waals surface area contributed by atoms with E-state index in [1.54, 1.807) is 29.4 Å². The lowest BCUT2D eigenvalue weighted by Crippen LogP contribution is -2.55. The van der Waals surface area contributed by atoms with E-state index in [4.69, 9.17) is 15.3 Å². The maximum Gasteiger partial charge on any atom is 0.596 e. The van der Waals surface area contributed by atoms with Gasteiger partial charge in [-0.3, -0.25) is 18.9 Å². The van der Waals surface area contributed by atoms with E-state index in [9.17, 15) is 13.9 Å². The van der Waals surface area contributed by atoms with E-state index in [2.05, 4.69) is 20.7 Å². The summed E-state index contributed by atoms with van der Waals surface area (Å²) >= 11 is 0. The molecule has 0 aromatic carbocycles. The number of nitrogens with two attached hydrogens (primary N) is 1. The number of carbonyl (C=O) groups is 2. The minimum absolute atomic E-state index is 0.289. The molecule has 41 heavy (non-hydrogen) atoms. The molecule has 4 N–H and O–H groups in total. The van der Waals surface area contributed by atoms with Gasteiger partial charge in [-0.2, -0.15) is 5.10 Å². The van der Waals surface area contributed by atoms with Crippen LogP contribution in [-0.2, 0) is 25.5 Å². The Morgan fingerprint density at radius 1 is 1.29 bits per heavy atom. The van der Waals surface area contributed by atoms with Crippen molar-refractivity contribution in [3.8, 4) is 0 Å². The van der Waals surface area contributed by atoms with Crippen molar-refractivity contribution in [2.24, 2.45) is 21.4 Å². The van der Waals surface area contributed by atoms with Gasteiger partial charge in [0.25, 0.3) is 5.91 Å². The van der Waals surface area contributed by atoms with Crippen molar-refractivity contribution in [1.82, 2.24) is 19.9 Å². The molecule has 1 saturated heterocycles. The Morgan fingerprint density at radius 3 is 2.80 bits per heavy atom. The van der Waals surface area contributed by atoms with Crippen LogP contribution in [0.25, 0.3) is 6.08 Å². The zero-order valence-electron chi connectivity index (χ0n) is 24.3. The standard InChI is InChI=1S/C28H39BFN7O4/c1-19-17-36-23(19)15-22-9-8-21(37(22)29(36)30)7-6-12-32-16-20(35-31)10-13-33-24(38)11-14-34-26(39)25-27(2,3)18-40-28(4,5)41-25/h8-9,11,14-17,25H,6-7,10,12-13,18,31H2,1-5H3,(H,33,38)(H,34,39)/b14-11-,32-16?,35-20-. The molecule has 0 aliphatic carbocycles. The Kier molecular flexibility index (Phi) is 9.18. The summed E-state index contributed by atoms with van der Waals surface area (Å²) in [6.45, 7) is 10.4. The first kappa shape index (κ1) is 30.3. The zero-order valence-corrected chi connectivity index (χ0v) is 24.3. The van der Waals surface area contributed by atoms with E-state index in [1.807, 2.05) is 45.2 Å². The normalized spacial score (nSPS) is 21.2. The molecule has 0 radical (unpaired) electrons. The molecule has 1 unspecified atom stereocenters. The van der Waals surface area contributed by atoms with Gasteiger partial charge in [0.2, 0.25) is 5.91 Å². The van der Waals surface area contributed by atoms with Crippen LogP contribution in [0.3, 0.4) is 0 Å². The van der Waals surface area contributed by atoms with Gasteiger partial charge in [-0.05, 0) is 57.4 Å². The van der Waals surface area contributed by atoms with Crippen molar-refractivity contribution in [2.75, 3.05) is 19.7 Å². The number of nitrogens with zero attached hydrogens (tertiary/aromatic N) is 4. The predicted octanol–water partition coefficient (Wildman–Crippen LogP) is 2.50. The second-order valence-electron chi connectivity index (χ2n) is 11.5. The number of hydrogen-bond donors (Lipinski definition) is 3. The molecule has 1 aromatic rings. The zero-order chi connectivity index (χ0) is 29.8. The number of rotatable bonds is 11. The maximum absolute atomic E-state index is 15.0. The fourth-order valence-corrected chi connectivity index (χ4v) is 4.85. The molecular formula is C28H39BFN7O4. The van der Waals surface area contributed by atoms with Gasteiger partial charge in [-0.15, -0.1) is 0 Å². The second-order valence-corrected chi connectivity index (χ2v) is 11.5. The highest BCUT2D eigenvalue weighted by Crippen LogP contribution is 2.36. The average molecular weight is 567 g/mol. The molecule has 220 valence electrons. The number of aryl methyl sites for hydroxylation is 1. The van der Waals surface area contributed by atoms with Crippen molar-refractivity contribution >= 4 is 37.1 Å². The number of carbonyl (C=O) groups excluding carboxylic acids is 2. The number of fused-ring (bicyclic) bond motifs is 2. The van der Waals surface area contributed by atoms with Gasteiger partial charge < -0.3 is 35.2 Å². The largest absolute Gasteiger partial charge is 0.596 e. The van der Waals surface area contributed by atoms with Crippen molar-refractivity contribution in [2.45, 2.75) is 65.8 Å². The van der Waals surface area contributed by atoms with Gasteiger partial charge in [0, 0.05) is 66.7 Å². The Bertz CT molecular complexity index is 1310. The lowest BCUT2D eigenvalue weighted by Gasteiger charge is -2.44. The summed E-state index contributed by atoms with van der Waals surface area (Å²) in [6.07, 6.45) is 9.03. The monoisotopic (exact) mass is 567 g/mol. The Hall–Kier alpha value is -3.71. The van der Waals surface area contributed by atoms with E-state index >= 15 is 0 Å². The molecule has 4 rings (SSSR count). The molecule has 11 nitrogen and oxygen atoms in total. The van der Waals surface area contributed by atoms with Crippen LogP contribution in [0.15, 0.2) is 52.0 Å². The van der Waals surface area contributed by atoms with Gasteiger partial charge in [0.1, 0.15) is 6.10 Å². The minimum atomic E-state index is -1.22. The number of aliphatic imine (C=N–C) groups is 1. The number of amides is 2. The maximum atomic E-state index is 15.0. The fourth-order valence-electron chi connectivity index (χ4n) is 4.85. The number of nitrogens with one attached hydrogen (secondary N) is 2. The second kappa shape index (κ2) is 12.4. The number of allylic oxidation sites excluding steroid dienone is 1. The molecular weight excluding hydrogens is 528 g/mol. The summed E-state index contributed by atoms with van der Waals surface area (Å²) in [6, 6.07) is 3.90. The van der Waals surface area contributed by atoms with Crippen molar-refractivity contribution in [1.29, 1.82) is 0 Å². The van der Waals surface area contributed by atoms with Crippen LogP contribution in [0.1, 0.15) is 58.8 Å². The van der Waals surface area contributed by atoms with E-state index < -0.39 is 24.6 Å². The summed E-state index contributed by atoms with van der Waals surface area (Å²) < 4.78 is 28.1. The summed E-state index contributed by atoms with van der Waals surface area (Å²) in [5, 5.41) is 9.07. The minimum Gasteiger partial charge on any atom is -0.352 e. The third-order valence-electron chi connectivity index (χ3n) is 7.18. The van der Waals surface area contributed by atoms with Gasteiger partial charge in [0.05, 0.1) is 12.3 Å². The van der Waals surface area contributed by atoms with E-state index in [0.717, 1.165) is 29.1 Å².